The second-order valence-corrected chi connectivity index (χ2v) is 12.1. The molecule has 0 spiro atoms. The van der Waals surface area contributed by atoms with Gasteiger partial charge in [-0.15, -0.1) is 0 Å². The van der Waals surface area contributed by atoms with Crippen molar-refractivity contribution in [1.82, 2.24) is 9.97 Å². The molecule has 8 bridgehead atoms. The average molecular weight is 573 g/mol. The van der Waals surface area contributed by atoms with Crippen LogP contribution in [-0.4, -0.2) is 21.4 Å². The van der Waals surface area contributed by atoms with Crippen LogP contribution < -0.4 is 0 Å². The number of hydrogen-bond donors (Lipinski definition) is 2. The number of rotatable bonds is 2. The van der Waals surface area contributed by atoms with E-state index in [0.717, 1.165) is 56.7 Å². The van der Waals surface area contributed by atoms with Crippen molar-refractivity contribution in [1.29, 1.82) is 0 Å². The number of hydrogen-bond acceptors (Lipinski definition) is 2. The van der Waals surface area contributed by atoms with Gasteiger partial charge in [0.2, 0.25) is 0 Å². The molecule has 44 heavy (non-hydrogen) atoms. The number of nitrogens with zero attached hydrogens (tertiary/aromatic N) is 2. The molecular formula is C40H36N4. The third kappa shape index (κ3) is 5.03. The van der Waals surface area contributed by atoms with Gasteiger partial charge in [-0.25, -0.2) is 9.98 Å². The van der Waals surface area contributed by atoms with Crippen LogP contribution in [0.4, 0.5) is 0 Å². The zero-order valence-electron chi connectivity index (χ0n) is 26.1. The summed E-state index contributed by atoms with van der Waals surface area (Å²) in [4.78, 5) is 17.6. The summed E-state index contributed by atoms with van der Waals surface area (Å²) < 4.78 is 0. The van der Waals surface area contributed by atoms with Crippen LogP contribution in [0.1, 0.15) is 67.3 Å². The molecule has 4 nitrogen and oxygen atoms in total. The minimum atomic E-state index is 0.917. The monoisotopic (exact) mass is 572 g/mol. The Morgan fingerprint density at radius 1 is 0.432 bits per heavy atom. The maximum absolute atomic E-state index is 5.11. The van der Waals surface area contributed by atoms with Crippen molar-refractivity contribution in [3.8, 4) is 0 Å². The summed E-state index contributed by atoms with van der Waals surface area (Å²) in [5, 5.41) is 0. The molecule has 0 saturated carbocycles. The highest BCUT2D eigenvalue weighted by atomic mass is 14.8. The summed E-state index contributed by atoms with van der Waals surface area (Å²) in [6.07, 6.45) is 16.8. The van der Waals surface area contributed by atoms with E-state index < -0.39 is 0 Å². The molecular weight excluding hydrogens is 536 g/mol. The Morgan fingerprint density at radius 2 is 0.795 bits per heavy atom. The summed E-state index contributed by atoms with van der Waals surface area (Å²) in [6.45, 7) is 13.1. The lowest BCUT2D eigenvalue weighted by atomic mass is 9.91. The smallest absolute Gasteiger partial charge is 0.0737 e. The van der Waals surface area contributed by atoms with Gasteiger partial charge in [-0.1, -0.05) is 35.4 Å². The van der Waals surface area contributed by atoms with Gasteiger partial charge < -0.3 is 9.97 Å². The molecule has 2 aromatic carbocycles. The molecule has 5 heterocycles. The molecule has 2 N–H and O–H groups in total. The summed E-state index contributed by atoms with van der Waals surface area (Å²) in [7, 11) is 0. The number of aromatic amines is 2. The maximum Gasteiger partial charge on any atom is 0.0737 e. The second-order valence-electron chi connectivity index (χ2n) is 12.1. The van der Waals surface area contributed by atoms with Crippen molar-refractivity contribution >= 4 is 34.7 Å². The van der Waals surface area contributed by atoms with Crippen LogP contribution in [0.15, 0.2) is 106 Å². The molecule has 0 fully saturated rings. The highest BCUT2D eigenvalue weighted by Gasteiger charge is 2.21. The molecule has 7 rings (SSSR count). The van der Waals surface area contributed by atoms with E-state index in [4.69, 9.17) is 9.98 Å². The van der Waals surface area contributed by atoms with Gasteiger partial charge in [0.1, 0.15) is 0 Å². The number of allylic oxidation sites excluding steroid dienone is 6. The molecule has 3 aliphatic heterocycles. The highest BCUT2D eigenvalue weighted by molar-refractivity contribution is 6.11. The van der Waals surface area contributed by atoms with E-state index in [9.17, 15) is 0 Å². The SMILES string of the molecule is Cc1cc(C)c(C2=C3C=CC(=N3)C=Cc3ccc([nH]3)C(c3c(C)cc(C)cc3C)=C3C=CC(=N3)C=Cc3ccc2[nH]3)c(C)c1. The number of benzene rings is 2. The zero-order valence-corrected chi connectivity index (χ0v) is 26.1. The first kappa shape index (κ1) is 27.6. The van der Waals surface area contributed by atoms with Gasteiger partial charge in [0.05, 0.1) is 22.8 Å². The van der Waals surface area contributed by atoms with Crippen molar-refractivity contribution in [2.75, 3.05) is 0 Å². The lowest BCUT2D eigenvalue weighted by Gasteiger charge is -2.16. The molecule has 0 saturated heterocycles. The van der Waals surface area contributed by atoms with Gasteiger partial charge in [-0.2, -0.15) is 0 Å². The van der Waals surface area contributed by atoms with Crippen molar-refractivity contribution in [2.24, 2.45) is 9.98 Å². The van der Waals surface area contributed by atoms with E-state index >= 15 is 0 Å². The Hall–Kier alpha value is -5.22. The number of aliphatic imine (C=N–C) groups is 2. The Balaban J connectivity index is 1.42. The first-order valence-electron chi connectivity index (χ1n) is 15.2. The molecule has 0 radical (unpaired) electrons. The Bertz CT molecular complexity index is 1910. The van der Waals surface area contributed by atoms with Crippen LogP contribution in [-0.2, 0) is 0 Å². The van der Waals surface area contributed by atoms with E-state index in [-0.39, 0.29) is 0 Å². The molecule has 4 heteroatoms. The van der Waals surface area contributed by atoms with Crippen LogP contribution in [0.5, 0.6) is 0 Å². The fourth-order valence-corrected chi connectivity index (χ4v) is 6.83. The Morgan fingerprint density at radius 3 is 1.18 bits per heavy atom. The lowest BCUT2D eigenvalue weighted by molar-refractivity contribution is 1.24. The van der Waals surface area contributed by atoms with Crippen LogP contribution in [0, 0.1) is 41.5 Å². The largest absolute Gasteiger partial charge is 0.355 e. The highest BCUT2D eigenvalue weighted by Crippen LogP contribution is 2.37. The molecule has 0 amide bonds. The van der Waals surface area contributed by atoms with E-state index in [1.807, 2.05) is 0 Å². The first-order chi connectivity index (χ1) is 21.2. The van der Waals surface area contributed by atoms with Crippen LogP contribution in [0.25, 0.3) is 23.3 Å². The van der Waals surface area contributed by atoms with Gasteiger partial charge in [0, 0.05) is 33.9 Å². The quantitative estimate of drug-likeness (QED) is 0.240. The number of aromatic nitrogens is 2. The predicted molar refractivity (Wildman–Crippen MR) is 186 cm³/mol. The molecule has 0 aliphatic carbocycles. The maximum atomic E-state index is 5.11. The number of fused-ring (bicyclic) bond motifs is 6. The molecule has 4 aromatic rings. The van der Waals surface area contributed by atoms with E-state index in [1.165, 1.54) is 44.5 Å². The average Bonchev–Trinajstić information content (AvgIpc) is 3.78. The standard InChI is InChI=1S/C40H36N4/c1-23-19-25(3)37(26(4)20-23)39-33-15-11-29(41-33)7-9-31-13-17-35(43-31)40(38-27(5)21-24(2)22-28(38)6)36-18-14-32(44-36)10-8-30-12-16-34(39)42-30/h7-22,41,44H,1-6H3. The fourth-order valence-electron chi connectivity index (χ4n) is 6.83. The first-order valence-corrected chi connectivity index (χ1v) is 15.2. The van der Waals surface area contributed by atoms with Crippen LogP contribution in [0.3, 0.4) is 0 Å². The Kier molecular flexibility index (Phi) is 6.78. The van der Waals surface area contributed by atoms with Gasteiger partial charge in [-0.05, 0) is 148 Å². The number of aryl methyl sites for hydroxylation is 6. The molecule has 216 valence electrons. The third-order valence-corrected chi connectivity index (χ3v) is 8.51. The van der Waals surface area contributed by atoms with Gasteiger partial charge in [0.25, 0.3) is 0 Å². The van der Waals surface area contributed by atoms with Gasteiger partial charge in [0.15, 0.2) is 0 Å². The number of nitrogens with one attached hydrogen (secondary N) is 2. The van der Waals surface area contributed by atoms with Gasteiger partial charge >= 0.3 is 0 Å². The summed E-state index contributed by atoms with van der Waals surface area (Å²) >= 11 is 0. The van der Waals surface area contributed by atoms with Crippen molar-refractivity contribution < 1.29 is 0 Å². The van der Waals surface area contributed by atoms with E-state index in [0.29, 0.717) is 0 Å². The second kappa shape index (κ2) is 10.8. The molecule has 0 unspecified atom stereocenters. The van der Waals surface area contributed by atoms with Crippen molar-refractivity contribution in [3.63, 3.8) is 0 Å². The summed E-state index contributed by atoms with van der Waals surface area (Å²) in [6, 6.07) is 17.6. The lowest BCUT2D eigenvalue weighted by Crippen LogP contribution is -2.00. The fraction of sp³-hybridized carbons (Fsp3) is 0.150. The Labute approximate surface area is 259 Å². The van der Waals surface area contributed by atoms with E-state index in [1.54, 1.807) is 0 Å². The minimum Gasteiger partial charge on any atom is -0.355 e. The summed E-state index contributed by atoms with van der Waals surface area (Å²) in [5.41, 5.74) is 20.0. The number of H-pyrrole nitrogens is 2. The minimum absolute atomic E-state index is 0.917. The topological polar surface area (TPSA) is 56.3 Å². The van der Waals surface area contributed by atoms with Crippen molar-refractivity contribution in [3.05, 3.63) is 164 Å². The van der Waals surface area contributed by atoms with Crippen LogP contribution in [0.2, 0.25) is 0 Å². The third-order valence-electron chi connectivity index (χ3n) is 8.51. The zero-order chi connectivity index (χ0) is 30.5. The molecule has 2 aromatic heterocycles. The summed E-state index contributed by atoms with van der Waals surface area (Å²) in [5.74, 6) is 0. The molecule has 3 aliphatic rings. The predicted octanol–water partition coefficient (Wildman–Crippen LogP) is 9.47. The normalized spacial score (nSPS) is 15.7. The van der Waals surface area contributed by atoms with Crippen molar-refractivity contribution in [2.45, 2.75) is 41.5 Å². The van der Waals surface area contributed by atoms with E-state index in [2.05, 4.69) is 149 Å². The van der Waals surface area contributed by atoms with Gasteiger partial charge in [-0.3, -0.25) is 0 Å². The van der Waals surface area contributed by atoms with Crippen LogP contribution >= 0.6 is 0 Å². The molecule has 0 atom stereocenters.